The highest BCUT2D eigenvalue weighted by molar-refractivity contribution is 7.14. The minimum atomic E-state index is -0.815. The average Bonchev–Trinajstić information content (AvgIpc) is 3.55. The molecule has 0 radical (unpaired) electrons. The Balaban J connectivity index is 1.38. The maximum atomic E-state index is 14.9. The number of pyridine rings is 1. The Morgan fingerprint density at radius 3 is 2.40 bits per heavy atom. The molecule has 1 atom stereocenters. The first-order chi connectivity index (χ1) is 22.7. The molecule has 248 valence electrons. The Morgan fingerprint density at radius 1 is 1.02 bits per heavy atom. The standard InChI is InChI=1S/C34H34Cl2FN3O6S/c1-39-14-12-22(13-15-39)45-34(42)40(28-7-5-4-6-27(28)37)20-23-9-11-32(47-23)33(41)46-30(17-24-25(35)18-38-19-26(24)36)21-8-10-29(43-2)31(16-21)44-3/h4-11,16,18-19,22,30H,12-15,17,20H2,1-3H3/t30-/m0/s1. The van der Waals surface area contributed by atoms with Crippen LogP contribution in [0.4, 0.5) is 14.9 Å². The third kappa shape index (κ3) is 8.53. The van der Waals surface area contributed by atoms with Crippen LogP contribution in [-0.2, 0) is 22.4 Å². The summed E-state index contributed by atoms with van der Waals surface area (Å²) < 4.78 is 37.7. The third-order valence-electron chi connectivity index (χ3n) is 7.84. The predicted molar refractivity (Wildman–Crippen MR) is 180 cm³/mol. The van der Waals surface area contributed by atoms with E-state index in [0.29, 0.717) is 50.4 Å². The second-order valence-corrected chi connectivity index (χ2v) is 13.0. The summed E-state index contributed by atoms with van der Waals surface area (Å²) in [6.07, 6.45) is 2.76. The Bertz CT molecular complexity index is 1690. The van der Waals surface area contributed by atoms with Gasteiger partial charge in [0, 0.05) is 36.8 Å². The second-order valence-electron chi connectivity index (χ2n) is 11.0. The van der Waals surface area contributed by atoms with Crippen molar-refractivity contribution in [2.45, 2.75) is 38.0 Å². The van der Waals surface area contributed by atoms with E-state index in [9.17, 15) is 14.0 Å². The van der Waals surface area contributed by atoms with Crippen LogP contribution in [0.15, 0.2) is 67.0 Å². The fraction of sp³-hybridized carbons (Fsp3) is 0.324. The van der Waals surface area contributed by atoms with Crippen LogP contribution >= 0.6 is 34.5 Å². The molecule has 13 heteroatoms. The van der Waals surface area contributed by atoms with Crippen LogP contribution in [-0.4, -0.2) is 62.4 Å². The van der Waals surface area contributed by atoms with Gasteiger partial charge in [-0.05, 0) is 67.4 Å². The normalized spacial score (nSPS) is 14.3. The smallest absolute Gasteiger partial charge is 0.414 e. The number of benzene rings is 2. The van der Waals surface area contributed by atoms with Gasteiger partial charge in [0.05, 0.1) is 36.5 Å². The largest absolute Gasteiger partial charge is 0.493 e. The lowest BCUT2D eigenvalue weighted by Crippen LogP contribution is -2.39. The van der Waals surface area contributed by atoms with Gasteiger partial charge in [0.1, 0.15) is 22.9 Å². The number of likely N-dealkylation sites (tertiary alicyclic amines) is 1. The SMILES string of the molecule is COc1ccc([C@H](Cc2c(Cl)cncc2Cl)OC(=O)c2ccc(CN(C(=O)OC3CCN(C)CC3)c3ccccc3F)s2)cc1OC. The lowest BCUT2D eigenvalue weighted by molar-refractivity contribution is 0.0302. The van der Waals surface area contributed by atoms with Crippen molar-refractivity contribution in [1.29, 1.82) is 0 Å². The topological polar surface area (TPSA) is 90.4 Å². The number of carbonyl (C=O) groups excluding carboxylic acids is 2. The number of halogens is 3. The van der Waals surface area contributed by atoms with Crippen LogP contribution in [0, 0.1) is 5.82 Å². The minimum Gasteiger partial charge on any atom is -0.493 e. The number of thiophene rings is 1. The molecule has 9 nitrogen and oxygen atoms in total. The number of methoxy groups -OCH3 is 2. The number of piperidine rings is 1. The summed E-state index contributed by atoms with van der Waals surface area (Å²) in [4.78, 5) is 35.4. The summed E-state index contributed by atoms with van der Waals surface area (Å²) in [7, 11) is 5.06. The quantitative estimate of drug-likeness (QED) is 0.145. The molecule has 0 unspecified atom stereocenters. The molecule has 2 aromatic carbocycles. The van der Waals surface area contributed by atoms with E-state index in [0.717, 1.165) is 24.4 Å². The molecular weight excluding hydrogens is 668 g/mol. The monoisotopic (exact) mass is 701 g/mol. The molecule has 0 saturated carbocycles. The van der Waals surface area contributed by atoms with Gasteiger partial charge in [-0.25, -0.2) is 14.0 Å². The van der Waals surface area contributed by atoms with Crippen molar-refractivity contribution in [2.75, 3.05) is 39.3 Å². The van der Waals surface area contributed by atoms with Crippen molar-refractivity contribution in [3.63, 3.8) is 0 Å². The number of hydrogen-bond acceptors (Lipinski definition) is 9. The molecule has 1 saturated heterocycles. The van der Waals surface area contributed by atoms with Crippen molar-refractivity contribution in [2.24, 2.45) is 0 Å². The molecule has 0 N–H and O–H groups in total. The molecule has 47 heavy (non-hydrogen) atoms. The second kappa shape index (κ2) is 15.8. The highest BCUT2D eigenvalue weighted by Gasteiger charge is 2.28. The fourth-order valence-electron chi connectivity index (χ4n) is 5.24. The van der Waals surface area contributed by atoms with Gasteiger partial charge in [-0.2, -0.15) is 0 Å². The van der Waals surface area contributed by atoms with Crippen LogP contribution in [0.5, 0.6) is 11.5 Å². The van der Waals surface area contributed by atoms with E-state index in [-0.39, 0.29) is 29.6 Å². The number of amides is 1. The summed E-state index contributed by atoms with van der Waals surface area (Å²) in [5.74, 6) is -0.196. The van der Waals surface area contributed by atoms with Gasteiger partial charge in [0.25, 0.3) is 0 Å². The number of anilines is 1. The lowest BCUT2D eigenvalue weighted by atomic mass is 10.0. The Kier molecular flexibility index (Phi) is 11.6. The van der Waals surface area contributed by atoms with Crippen molar-refractivity contribution >= 4 is 52.3 Å². The highest BCUT2D eigenvalue weighted by atomic mass is 35.5. The highest BCUT2D eigenvalue weighted by Crippen LogP contribution is 2.36. The zero-order valence-electron chi connectivity index (χ0n) is 26.1. The molecule has 4 aromatic rings. The molecule has 1 fully saturated rings. The van der Waals surface area contributed by atoms with Crippen LogP contribution in [0.1, 0.15) is 44.6 Å². The maximum Gasteiger partial charge on any atom is 0.414 e. The summed E-state index contributed by atoms with van der Waals surface area (Å²) in [5, 5.41) is 0.663. The lowest BCUT2D eigenvalue weighted by Gasteiger charge is -2.31. The minimum absolute atomic E-state index is 0.00826. The number of hydrogen-bond donors (Lipinski definition) is 0. The van der Waals surface area contributed by atoms with Gasteiger partial charge in [0.2, 0.25) is 0 Å². The van der Waals surface area contributed by atoms with Crippen LogP contribution in [0.2, 0.25) is 10.0 Å². The average molecular weight is 703 g/mol. The molecule has 2 aromatic heterocycles. The number of ether oxygens (including phenoxy) is 4. The van der Waals surface area contributed by atoms with E-state index >= 15 is 0 Å². The van der Waals surface area contributed by atoms with E-state index in [2.05, 4.69) is 9.88 Å². The van der Waals surface area contributed by atoms with Gasteiger partial charge in [-0.1, -0.05) is 41.4 Å². The zero-order valence-corrected chi connectivity index (χ0v) is 28.4. The maximum absolute atomic E-state index is 14.9. The summed E-state index contributed by atoms with van der Waals surface area (Å²) in [5.41, 5.74) is 1.27. The van der Waals surface area contributed by atoms with Crippen LogP contribution in [0.25, 0.3) is 0 Å². The van der Waals surface area contributed by atoms with Crippen molar-refractivity contribution in [1.82, 2.24) is 9.88 Å². The van der Waals surface area contributed by atoms with Gasteiger partial charge in [-0.15, -0.1) is 11.3 Å². The number of nitrogens with zero attached hydrogens (tertiary/aromatic N) is 3. The third-order valence-corrected chi connectivity index (χ3v) is 9.55. The molecular formula is C34H34Cl2FN3O6S. The van der Waals surface area contributed by atoms with E-state index in [1.807, 2.05) is 7.05 Å². The van der Waals surface area contributed by atoms with E-state index in [1.54, 1.807) is 42.5 Å². The molecule has 0 bridgehead atoms. The van der Waals surface area contributed by atoms with Gasteiger partial charge in [0.15, 0.2) is 11.5 Å². The fourth-order valence-corrected chi connectivity index (χ4v) is 6.64. The molecule has 1 aliphatic heterocycles. The van der Waals surface area contributed by atoms with Crippen molar-refractivity contribution < 1.29 is 32.9 Å². The van der Waals surface area contributed by atoms with Gasteiger partial charge in [-0.3, -0.25) is 9.88 Å². The molecule has 1 amide bonds. The predicted octanol–water partition coefficient (Wildman–Crippen LogP) is 7.98. The Labute approximate surface area is 286 Å². The first-order valence-corrected chi connectivity index (χ1v) is 16.4. The zero-order chi connectivity index (χ0) is 33.5. The van der Waals surface area contributed by atoms with E-state index < -0.39 is 24.0 Å². The Morgan fingerprint density at radius 2 is 1.72 bits per heavy atom. The summed E-state index contributed by atoms with van der Waals surface area (Å²) in [6.45, 7) is 1.60. The molecule has 0 spiro atoms. The van der Waals surface area contributed by atoms with E-state index in [1.165, 1.54) is 43.6 Å². The van der Waals surface area contributed by atoms with Gasteiger partial charge >= 0.3 is 12.1 Å². The van der Waals surface area contributed by atoms with Gasteiger partial charge < -0.3 is 23.8 Å². The number of carbonyl (C=O) groups is 2. The number of rotatable bonds is 11. The molecule has 1 aliphatic rings. The summed E-state index contributed by atoms with van der Waals surface area (Å²) in [6, 6.07) is 14.6. The number of para-hydroxylation sites is 1. The molecule has 3 heterocycles. The number of esters is 1. The first kappa shape index (κ1) is 34.4. The molecule has 0 aliphatic carbocycles. The summed E-state index contributed by atoms with van der Waals surface area (Å²) >= 11 is 14.0. The van der Waals surface area contributed by atoms with Crippen molar-refractivity contribution in [3.05, 3.63) is 104 Å². The van der Waals surface area contributed by atoms with Crippen LogP contribution in [0.3, 0.4) is 0 Å². The first-order valence-electron chi connectivity index (χ1n) is 14.9. The van der Waals surface area contributed by atoms with E-state index in [4.69, 9.17) is 42.1 Å². The Hall–Kier alpha value is -3.90. The molecule has 5 rings (SSSR count). The number of aromatic nitrogens is 1. The van der Waals surface area contributed by atoms with Crippen LogP contribution < -0.4 is 14.4 Å². The van der Waals surface area contributed by atoms with Crippen molar-refractivity contribution in [3.8, 4) is 11.5 Å².